The van der Waals surface area contributed by atoms with E-state index in [1.807, 2.05) is 6.07 Å². The van der Waals surface area contributed by atoms with Crippen molar-refractivity contribution in [2.75, 3.05) is 0 Å². The largest absolute Gasteiger partial charge is 0.170 e. The molecule has 0 atom stereocenters. The molecular weight excluding hydrogens is 333 g/mol. The van der Waals surface area contributed by atoms with Crippen LogP contribution in [-0.2, 0) is 4.33 Å². The fraction of sp³-hybridized carbons (Fsp3) is 0.0769. The van der Waals surface area contributed by atoms with Crippen LogP contribution in [0.4, 0.5) is 0 Å². The normalized spacial score (nSPS) is 11.6. The highest BCUT2D eigenvalue weighted by atomic mass is 35.5. The van der Waals surface area contributed by atoms with Gasteiger partial charge in [0.1, 0.15) is 0 Å². The molecule has 0 unspecified atom stereocenters. The zero-order chi connectivity index (χ0) is 13.3. The van der Waals surface area contributed by atoms with E-state index in [0.717, 1.165) is 0 Å². The molecule has 0 heterocycles. The van der Waals surface area contributed by atoms with Crippen molar-refractivity contribution in [3.63, 3.8) is 0 Å². The summed E-state index contributed by atoms with van der Waals surface area (Å²) in [6, 6.07) is 12.1. The van der Waals surface area contributed by atoms with E-state index in [-0.39, 0.29) is 0 Å². The summed E-state index contributed by atoms with van der Waals surface area (Å²) in [5.41, 5.74) is 1.13. The van der Waals surface area contributed by atoms with Gasteiger partial charge in [0.05, 0.1) is 0 Å². The van der Waals surface area contributed by atoms with Gasteiger partial charge in [-0.15, -0.1) is 0 Å². The standard InChI is InChI=1S/C13H7Cl5/c14-8-5-6-10(12(16)7-8)13(17,18)9-3-1-2-4-11(9)15/h1-7H. The molecule has 0 nitrogen and oxygen atoms in total. The summed E-state index contributed by atoms with van der Waals surface area (Å²) >= 11 is 30.9. The Labute approximate surface area is 130 Å². The molecule has 18 heavy (non-hydrogen) atoms. The minimum Gasteiger partial charge on any atom is -0.0908 e. The minimum absolute atomic E-state index is 0.396. The van der Waals surface area contributed by atoms with Crippen molar-refractivity contribution in [2.45, 2.75) is 4.33 Å². The van der Waals surface area contributed by atoms with Crippen molar-refractivity contribution in [1.29, 1.82) is 0 Å². The molecule has 0 aliphatic rings. The van der Waals surface area contributed by atoms with Crippen LogP contribution in [0.25, 0.3) is 0 Å². The average Bonchev–Trinajstić information content (AvgIpc) is 2.28. The zero-order valence-electron chi connectivity index (χ0n) is 8.93. The highest BCUT2D eigenvalue weighted by Crippen LogP contribution is 2.46. The van der Waals surface area contributed by atoms with Gasteiger partial charge < -0.3 is 0 Å². The molecule has 0 bridgehead atoms. The highest BCUT2D eigenvalue weighted by molar-refractivity contribution is 6.52. The molecule has 0 spiro atoms. The van der Waals surface area contributed by atoms with Crippen molar-refractivity contribution in [1.82, 2.24) is 0 Å². The third-order valence-electron chi connectivity index (χ3n) is 2.48. The number of halogens is 5. The van der Waals surface area contributed by atoms with E-state index in [1.165, 1.54) is 0 Å². The van der Waals surface area contributed by atoms with Gasteiger partial charge in [0, 0.05) is 26.2 Å². The topological polar surface area (TPSA) is 0 Å². The summed E-state index contributed by atoms with van der Waals surface area (Å²) in [7, 11) is 0. The van der Waals surface area contributed by atoms with Gasteiger partial charge in [-0.2, -0.15) is 0 Å². The second-order valence-electron chi connectivity index (χ2n) is 3.68. The Morgan fingerprint density at radius 3 is 1.94 bits per heavy atom. The summed E-state index contributed by atoms with van der Waals surface area (Å²) in [5, 5.41) is 1.40. The molecule has 2 aromatic rings. The van der Waals surface area contributed by atoms with E-state index in [9.17, 15) is 0 Å². The van der Waals surface area contributed by atoms with Crippen molar-refractivity contribution in [2.24, 2.45) is 0 Å². The maximum atomic E-state index is 6.40. The molecule has 2 aromatic carbocycles. The number of alkyl halides is 2. The maximum absolute atomic E-state index is 6.40. The average molecular weight is 340 g/mol. The zero-order valence-corrected chi connectivity index (χ0v) is 12.7. The predicted molar refractivity (Wildman–Crippen MR) is 80.4 cm³/mol. The third kappa shape index (κ3) is 2.74. The molecule has 2 rings (SSSR count). The molecular formula is C13H7Cl5. The van der Waals surface area contributed by atoms with Crippen molar-refractivity contribution in [3.05, 3.63) is 68.7 Å². The molecule has 0 fully saturated rings. The lowest BCUT2D eigenvalue weighted by molar-refractivity contribution is 1.04. The first kappa shape index (κ1) is 14.3. The highest BCUT2D eigenvalue weighted by Gasteiger charge is 2.33. The molecule has 0 N–H and O–H groups in total. The predicted octanol–water partition coefficient (Wildman–Crippen LogP) is 6.33. The minimum atomic E-state index is -1.32. The van der Waals surface area contributed by atoms with Crippen molar-refractivity contribution >= 4 is 58.0 Å². The van der Waals surface area contributed by atoms with Gasteiger partial charge in [-0.25, -0.2) is 0 Å². The molecule has 5 heteroatoms. The van der Waals surface area contributed by atoms with Gasteiger partial charge in [0.25, 0.3) is 0 Å². The second kappa shape index (κ2) is 5.48. The summed E-state index contributed by atoms with van der Waals surface area (Å²) in [6.45, 7) is 0. The molecule has 0 amide bonds. The Hall–Kier alpha value is -0.110. The quantitative estimate of drug-likeness (QED) is 0.561. The molecule has 94 valence electrons. The molecule has 0 aliphatic carbocycles. The van der Waals surface area contributed by atoms with E-state index >= 15 is 0 Å². The third-order valence-corrected chi connectivity index (χ3v) is 4.17. The first-order valence-corrected chi connectivity index (χ1v) is 6.90. The Kier molecular flexibility index (Phi) is 4.36. The molecule has 0 aliphatic heterocycles. The van der Waals surface area contributed by atoms with E-state index < -0.39 is 4.33 Å². The van der Waals surface area contributed by atoms with E-state index in [2.05, 4.69) is 0 Å². The molecule has 0 radical (unpaired) electrons. The van der Waals surface area contributed by atoms with E-state index in [1.54, 1.807) is 36.4 Å². The summed E-state index contributed by atoms with van der Waals surface area (Å²) in [5.74, 6) is 0. The molecule has 0 saturated carbocycles. The van der Waals surface area contributed by atoms with Crippen LogP contribution in [0.15, 0.2) is 42.5 Å². The van der Waals surface area contributed by atoms with Gasteiger partial charge in [-0.3, -0.25) is 0 Å². The lowest BCUT2D eigenvalue weighted by atomic mass is 10.0. The van der Waals surface area contributed by atoms with Crippen LogP contribution in [-0.4, -0.2) is 0 Å². The maximum Gasteiger partial charge on any atom is 0.170 e. The van der Waals surface area contributed by atoms with E-state index in [0.29, 0.717) is 26.2 Å². The monoisotopic (exact) mass is 338 g/mol. The lowest BCUT2D eigenvalue weighted by Crippen LogP contribution is -2.13. The number of benzene rings is 2. The van der Waals surface area contributed by atoms with Gasteiger partial charge in [0.2, 0.25) is 0 Å². The molecule has 0 saturated heterocycles. The summed E-state index contributed by atoms with van der Waals surface area (Å²) in [4.78, 5) is 0. The Bertz CT molecular complexity index is 577. The van der Waals surface area contributed by atoms with Crippen LogP contribution in [0.5, 0.6) is 0 Å². The SMILES string of the molecule is Clc1ccc(C(Cl)(Cl)c2ccccc2Cl)c(Cl)c1. The molecule has 0 aromatic heterocycles. The Morgan fingerprint density at radius 2 is 1.33 bits per heavy atom. The Morgan fingerprint density at radius 1 is 0.722 bits per heavy atom. The summed E-state index contributed by atoms with van der Waals surface area (Å²) in [6.07, 6.45) is 0. The first-order valence-electron chi connectivity index (χ1n) is 5.01. The number of hydrogen-bond acceptors (Lipinski definition) is 0. The first-order chi connectivity index (χ1) is 8.43. The van der Waals surface area contributed by atoms with Crippen molar-refractivity contribution < 1.29 is 0 Å². The van der Waals surface area contributed by atoms with Crippen LogP contribution in [0.3, 0.4) is 0 Å². The van der Waals surface area contributed by atoms with Crippen LogP contribution >= 0.6 is 58.0 Å². The van der Waals surface area contributed by atoms with Gasteiger partial charge in [0.15, 0.2) is 4.33 Å². The van der Waals surface area contributed by atoms with Crippen LogP contribution in [0, 0.1) is 0 Å². The lowest BCUT2D eigenvalue weighted by Gasteiger charge is -2.23. The van der Waals surface area contributed by atoms with Crippen molar-refractivity contribution in [3.8, 4) is 0 Å². The van der Waals surface area contributed by atoms with Gasteiger partial charge >= 0.3 is 0 Å². The smallest absolute Gasteiger partial charge is 0.0908 e. The fourth-order valence-electron chi connectivity index (χ4n) is 1.61. The number of hydrogen-bond donors (Lipinski definition) is 0. The second-order valence-corrected chi connectivity index (χ2v) is 6.26. The van der Waals surface area contributed by atoms with E-state index in [4.69, 9.17) is 58.0 Å². The fourth-order valence-corrected chi connectivity index (χ4v) is 3.29. The van der Waals surface area contributed by atoms with Gasteiger partial charge in [-0.05, 0) is 18.2 Å². The van der Waals surface area contributed by atoms with Crippen LogP contribution in [0.2, 0.25) is 15.1 Å². The van der Waals surface area contributed by atoms with Gasteiger partial charge in [-0.1, -0.05) is 82.3 Å². The van der Waals surface area contributed by atoms with Crippen LogP contribution in [0.1, 0.15) is 11.1 Å². The number of rotatable bonds is 2. The summed E-state index contributed by atoms with van der Waals surface area (Å²) < 4.78 is -1.32. The van der Waals surface area contributed by atoms with Crippen LogP contribution < -0.4 is 0 Å². The Balaban J connectivity index is 2.58.